The fraction of sp³-hybridized carbons (Fsp3) is 0.333. The Labute approximate surface area is 153 Å². The smallest absolute Gasteiger partial charge is 0.236 e. The van der Waals surface area contributed by atoms with Crippen molar-refractivity contribution in [3.8, 4) is 11.8 Å². The number of ether oxygens (including phenoxy) is 2. The van der Waals surface area contributed by atoms with Crippen LogP contribution in [0.3, 0.4) is 0 Å². The van der Waals surface area contributed by atoms with Gasteiger partial charge in [0.1, 0.15) is 6.10 Å². The maximum Gasteiger partial charge on any atom is 0.236 e. The number of aromatic nitrogens is 2. The molecule has 2 aromatic rings. The van der Waals surface area contributed by atoms with Crippen LogP contribution in [0.2, 0.25) is 0 Å². The van der Waals surface area contributed by atoms with Crippen molar-refractivity contribution in [2.45, 2.75) is 19.4 Å². The summed E-state index contributed by atoms with van der Waals surface area (Å²) in [6, 6.07) is 7.67. The third-order valence-electron chi connectivity index (χ3n) is 4.06. The topological polar surface area (TPSA) is 81.6 Å². The van der Waals surface area contributed by atoms with Crippen molar-refractivity contribution >= 4 is 16.1 Å². The lowest BCUT2D eigenvalue weighted by Gasteiger charge is -2.15. The predicted octanol–water partition coefficient (Wildman–Crippen LogP) is 2.25. The number of hydrogen-bond acceptors (Lipinski definition) is 6. The third-order valence-corrected chi connectivity index (χ3v) is 5.60. The Hall–Kier alpha value is -2.45. The summed E-state index contributed by atoms with van der Waals surface area (Å²) in [4.78, 5) is 8.12. The first-order valence-corrected chi connectivity index (χ1v) is 9.74. The molecule has 1 atom stereocenters. The fourth-order valence-electron chi connectivity index (χ4n) is 2.61. The standard InChI is InChI=1S/C18H21N3O4S/c1-14-3-5-15(6-4-14)8-10-26(22,23)21-9-7-16(13-21)25-18-12-19-11-17(20-18)24-2/h3-6,8,10-12,16H,7,9,13H2,1-2H3/b10-8+. The van der Waals surface area contributed by atoms with Gasteiger partial charge in [-0.05, 0) is 25.0 Å². The van der Waals surface area contributed by atoms with E-state index in [4.69, 9.17) is 9.47 Å². The first-order valence-electron chi connectivity index (χ1n) is 8.24. The average Bonchev–Trinajstić information content (AvgIpc) is 3.11. The Bertz CT molecular complexity index is 882. The van der Waals surface area contributed by atoms with E-state index in [0.29, 0.717) is 24.7 Å². The zero-order chi connectivity index (χ0) is 18.6. The van der Waals surface area contributed by atoms with Crippen molar-refractivity contribution in [1.82, 2.24) is 14.3 Å². The van der Waals surface area contributed by atoms with E-state index in [2.05, 4.69) is 9.97 Å². The molecule has 0 bridgehead atoms. The highest BCUT2D eigenvalue weighted by atomic mass is 32.2. The second-order valence-electron chi connectivity index (χ2n) is 6.04. The van der Waals surface area contributed by atoms with E-state index in [0.717, 1.165) is 11.1 Å². The quantitative estimate of drug-likeness (QED) is 0.770. The zero-order valence-electron chi connectivity index (χ0n) is 14.7. The summed E-state index contributed by atoms with van der Waals surface area (Å²) in [7, 11) is -2.00. The van der Waals surface area contributed by atoms with Gasteiger partial charge in [0.15, 0.2) is 0 Å². The van der Waals surface area contributed by atoms with Crippen LogP contribution >= 0.6 is 0 Å². The van der Waals surface area contributed by atoms with Crippen LogP contribution in [0.25, 0.3) is 6.08 Å². The van der Waals surface area contributed by atoms with Gasteiger partial charge >= 0.3 is 0 Å². The molecule has 0 radical (unpaired) electrons. The minimum atomic E-state index is -3.49. The second kappa shape index (κ2) is 7.84. The molecule has 138 valence electrons. The van der Waals surface area contributed by atoms with Gasteiger partial charge in [-0.1, -0.05) is 29.8 Å². The fourth-order valence-corrected chi connectivity index (χ4v) is 3.85. The maximum atomic E-state index is 12.5. The summed E-state index contributed by atoms with van der Waals surface area (Å²) in [5, 5.41) is 1.24. The molecule has 1 aromatic carbocycles. The number of sulfonamides is 1. The van der Waals surface area contributed by atoms with Gasteiger partial charge in [-0.25, -0.2) is 8.42 Å². The molecule has 1 saturated heterocycles. The van der Waals surface area contributed by atoms with Crippen molar-refractivity contribution < 1.29 is 17.9 Å². The highest BCUT2D eigenvalue weighted by Crippen LogP contribution is 2.21. The number of aryl methyl sites for hydroxylation is 1. The largest absolute Gasteiger partial charge is 0.480 e. The van der Waals surface area contributed by atoms with E-state index in [1.165, 1.54) is 29.2 Å². The Morgan fingerprint density at radius 3 is 2.65 bits per heavy atom. The Morgan fingerprint density at radius 2 is 1.92 bits per heavy atom. The van der Waals surface area contributed by atoms with E-state index in [9.17, 15) is 8.42 Å². The number of hydrogen-bond donors (Lipinski definition) is 0. The van der Waals surface area contributed by atoms with Gasteiger partial charge in [0, 0.05) is 12.0 Å². The molecule has 1 fully saturated rings. The lowest BCUT2D eigenvalue weighted by atomic mass is 10.2. The summed E-state index contributed by atoms with van der Waals surface area (Å²) in [5.41, 5.74) is 1.98. The normalized spacial score (nSPS) is 18.3. The minimum Gasteiger partial charge on any atom is -0.480 e. The molecule has 3 rings (SSSR count). The molecule has 0 amide bonds. The number of rotatable bonds is 6. The first-order chi connectivity index (χ1) is 12.5. The van der Waals surface area contributed by atoms with Gasteiger partial charge in [0.25, 0.3) is 0 Å². The molecule has 0 saturated carbocycles. The summed E-state index contributed by atoms with van der Waals surface area (Å²) >= 11 is 0. The van der Waals surface area contributed by atoms with Gasteiger partial charge in [0.2, 0.25) is 21.8 Å². The molecule has 0 spiro atoms. The minimum absolute atomic E-state index is 0.265. The second-order valence-corrected chi connectivity index (χ2v) is 7.86. The summed E-state index contributed by atoms with van der Waals surface area (Å²) < 4.78 is 37.2. The lowest BCUT2D eigenvalue weighted by molar-refractivity contribution is 0.203. The Morgan fingerprint density at radius 1 is 1.19 bits per heavy atom. The third kappa shape index (κ3) is 4.59. The summed E-state index contributed by atoms with van der Waals surface area (Å²) in [5.74, 6) is 0.676. The van der Waals surface area contributed by atoms with Gasteiger partial charge < -0.3 is 9.47 Å². The molecular formula is C18H21N3O4S. The molecular weight excluding hydrogens is 354 g/mol. The molecule has 26 heavy (non-hydrogen) atoms. The van der Waals surface area contributed by atoms with Crippen LogP contribution in [-0.2, 0) is 10.0 Å². The molecule has 0 N–H and O–H groups in total. The molecule has 7 nitrogen and oxygen atoms in total. The van der Waals surface area contributed by atoms with Crippen LogP contribution in [0.15, 0.2) is 42.1 Å². The Balaban J connectivity index is 1.62. The van der Waals surface area contributed by atoms with E-state index in [1.807, 2.05) is 31.2 Å². The van der Waals surface area contributed by atoms with E-state index in [-0.39, 0.29) is 12.6 Å². The predicted molar refractivity (Wildman–Crippen MR) is 98.3 cm³/mol. The molecule has 1 aliphatic heterocycles. The van der Waals surface area contributed by atoms with Crippen LogP contribution in [0.1, 0.15) is 17.5 Å². The van der Waals surface area contributed by atoms with Crippen LogP contribution in [0.4, 0.5) is 0 Å². The summed E-state index contributed by atoms with van der Waals surface area (Å²) in [6.45, 7) is 2.67. The molecule has 8 heteroatoms. The van der Waals surface area contributed by atoms with E-state index < -0.39 is 10.0 Å². The number of nitrogens with zero attached hydrogens (tertiary/aromatic N) is 3. The zero-order valence-corrected chi connectivity index (χ0v) is 15.5. The Kier molecular flexibility index (Phi) is 5.53. The van der Waals surface area contributed by atoms with Gasteiger partial charge in [-0.3, -0.25) is 4.98 Å². The lowest BCUT2D eigenvalue weighted by Crippen LogP contribution is -2.29. The highest BCUT2D eigenvalue weighted by molar-refractivity contribution is 7.92. The van der Waals surface area contributed by atoms with E-state index in [1.54, 1.807) is 6.08 Å². The van der Waals surface area contributed by atoms with Crippen LogP contribution in [0, 0.1) is 6.92 Å². The van der Waals surface area contributed by atoms with Gasteiger partial charge in [-0.15, -0.1) is 0 Å². The van der Waals surface area contributed by atoms with Crippen molar-refractivity contribution in [3.63, 3.8) is 0 Å². The SMILES string of the molecule is COc1cncc(OC2CCN(S(=O)(=O)/C=C/c3ccc(C)cc3)C2)n1. The van der Waals surface area contributed by atoms with Crippen LogP contribution < -0.4 is 9.47 Å². The van der Waals surface area contributed by atoms with Gasteiger partial charge in [-0.2, -0.15) is 9.29 Å². The van der Waals surface area contributed by atoms with Crippen LogP contribution in [0.5, 0.6) is 11.8 Å². The van der Waals surface area contributed by atoms with Crippen molar-refractivity contribution in [2.75, 3.05) is 20.2 Å². The van der Waals surface area contributed by atoms with E-state index >= 15 is 0 Å². The molecule has 1 unspecified atom stereocenters. The number of methoxy groups -OCH3 is 1. The monoisotopic (exact) mass is 375 g/mol. The van der Waals surface area contributed by atoms with Crippen molar-refractivity contribution in [3.05, 3.63) is 53.2 Å². The number of benzene rings is 1. The molecule has 1 aliphatic rings. The highest BCUT2D eigenvalue weighted by Gasteiger charge is 2.31. The molecule has 1 aromatic heterocycles. The molecule has 2 heterocycles. The first kappa shape index (κ1) is 18.3. The van der Waals surface area contributed by atoms with Crippen LogP contribution in [-0.4, -0.2) is 49.0 Å². The van der Waals surface area contributed by atoms with Gasteiger partial charge in [0.05, 0.1) is 26.0 Å². The van der Waals surface area contributed by atoms with Crippen molar-refractivity contribution in [2.24, 2.45) is 0 Å². The average molecular weight is 375 g/mol. The maximum absolute atomic E-state index is 12.5. The molecule has 0 aliphatic carbocycles. The van der Waals surface area contributed by atoms with Crippen molar-refractivity contribution in [1.29, 1.82) is 0 Å². The summed E-state index contributed by atoms with van der Waals surface area (Å²) in [6.07, 6.45) is 4.90.